The summed E-state index contributed by atoms with van der Waals surface area (Å²) in [6.07, 6.45) is 0. The number of furan rings is 1. The second-order valence-corrected chi connectivity index (χ2v) is 9.22. The van der Waals surface area contributed by atoms with E-state index in [0.717, 1.165) is 16.4 Å². The molecular weight excluding hydrogens is 390 g/mol. The Kier molecular flexibility index (Phi) is 7.62. The highest BCUT2D eigenvalue weighted by atomic mass is 32.2. The minimum Gasteiger partial charge on any atom is -0.460 e. The van der Waals surface area contributed by atoms with Crippen molar-refractivity contribution in [1.29, 1.82) is 0 Å². The standard InChI is InChI=1S/C21H31N3O4S/c1-7-24(8-2)29(26,27)20-13-18(11-9-15(20)3)22-21(25)17(5)23(6)14-19-12-10-16(4)28-19/h9-13,17H,7-8,14H2,1-6H3,(H,22,25)/p+1/t17-/m1/s1. The Morgan fingerprint density at radius 3 is 2.38 bits per heavy atom. The number of hydrogen-bond donors (Lipinski definition) is 2. The number of amides is 1. The summed E-state index contributed by atoms with van der Waals surface area (Å²) in [5, 5.41) is 2.85. The van der Waals surface area contributed by atoms with E-state index in [-0.39, 0.29) is 16.8 Å². The molecule has 8 heteroatoms. The number of rotatable bonds is 9. The van der Waals surface area contributed by atoms with Gasteiger partial charge in [-0.15, -0.1) is 0 Å². The van der Waals surface area contributed by atoms with Gasteiger partial charge in [0.05, 0.1) is 11.9 Å². The zero-order valence-corrected chi connectivity index (χ0v) is 18.9. The molecule has 0 fully saturated rings. The van der Waals surface area contributed by atoms with Crippen molar-refractivity contribution >= 4 is 21.6 Å². The maximum atomic E-state index is 12.9. The van der Waals surface area contributed by atoms with Crippen LogP contribution < -0.4 is 10.2 Å². The van der Waals surface area contributed by atoms with Gasteiger partial charge in [0.15, 0.2) is 11.8 Å². The largest absolute Gasteiger partial charge is 0.460 e. The summed E-state index contributed by atoms with van der Waals surface area (Å²) >= 11 is 0. The van der Waals surface area contributed by atoms with Crippen molar-refractivity contribution in [3.63, 3.8) is 0 Å². The lowest BCUT2D eigenvalue weighted by Gasteiger charge is -2.22. The highest BCUT2D eigenvalue weighted by Gasteiger charge is 2.26. The molecule has 0 saturated carbocycles. The summed E-state index contributed by atoms with van der Waals surface area (Å²) < 4.78 is 32.8. The van der Waals surface area contributed by atoms with Crippen LogP contribution in [-0.2, 0) is 21.4 Å². The zero-order chi connectivity index (χ0) is 21.8. The van der Waals surface area contributed by atoms with Crippen molar-refractivity contribution in [2.24, 2.45) is 0 Å². The van der Waals surface area contributed by atoms with Gasteiger partial charge in [0.2, 0.25) is 10.0 Å². The first-order valence-electron chi connectivity index (χ1n) is 9.89. The molecule has 0 spiro atoms. The summed E-state index contributed by atoms with van der Waals surface area (Å²) in [6, 6.07) is 8.46. The first kappa shape index (κ1) is 23.1. The maximum absolute atomic E-state index is 12.9. The van der Waals surface area contributed by atoms with Crippen molar-refractivity contribution in [2.45, 2.75) is 52.1 Å². The van der Waals surface area contributed by atoms with Gasteiger partial charge in [-0.2, -0.15) is 4.31 Å². The van der Waals surface area contributed by atoms with Crippen LogP contribution in [0.5, 0.6) is 0 Å². The molecule has 1 aromatic heterocycles. The van der Waals surface area contributed by atoms with Crippen molar-refractivity contribution in [3.8, 4) is 0 Å². The molecular formula is C21H32N3O4S+. The van der Waals surface area contributed by atoms with Gasteiger partial charge >= 0.3 is 0 Å². The van der Waals surface area contributed by atoms with Crippen molar-refractivity contribution in [3.05, 3.63) is 47.4 Å². The van der Waals surface area contributed by atoms with Crippen molar-refractivity contribution < 1.29 is 22.5 Å². The molecule has 0 aliphatic rings. The Labute approximate surface area is 173 Å². The number of likely N-dealkylation sites (N-methyl/N-ethyl adjacent to an activating group) is 1. The fourth-order valence-electron chi connectivity index (χ4n) is 3.14. The predicted molar refractivity (Wildman–Crippen MR) is 113 cm³/mol. The van der Waals surface area contributed by atoms with Gasteiger partial charge in [0.25, 0.3) is 5.91 Å². The lowest BCUT2D eigenvalue weighted by molar-refractivity contribution is -0.908. The molecule has 0 saturated heterocycles. The number of carbonyl (C=O) groups is 1. The van der Waals surface area contributed by atoms with E-state index < -0.39 is 10.0 Å². The first-order chi connectivity index (χ1) is 13.6. The van der Waals surface area contributed by atoms with Crippen molar-refractivity contribution in [2.75, 3.05) is 25.5 Å². The molecule has 0 bridgehead atoms. The third-order valence-electron chi connectivity index (χ3n) is 5.16. The van der Waals surface area contributed by atoms with Crippen LogP contribution >= 0.6 is 0 Å². The molecule has 1 unspecified atom stereocenters. The topological polar surface area (TPSA) is 84.1 Å². The lowest BCUT2D eigenvalue weighted by atomic mass is 10.2. The van der Waals surface area contributed by atoms with Crippen LogP contribution in [0, 0.1) is 13.8 Å². The van der Waals surface area contributed by atoms with Crippen LogP contribution in [0.3, 0.4) is 0 Å². The van der Waals surface area contributed by atoms with Gasteiger partial charge in [-0.25, -0.2) is 8.42 Å². The summed E-state index contributed by atoms with van der Waals surface area (Å²) in [6.45, 7) is 10.5. The Bertz CT molecular complexity index is 949. The van der Waals surface area contributed by atoms with Gasteiger partial charge in [-0.3, -0.25) is 4.79 Å². The second-order valence-electron chi connectivity index (χ2n) is 7.32. The molecule has 160 valence electrons. The normalized spacial score (nSPS) is 14.0. The summed E-state index contributed by atoms with van der Waals surface area (Å²) in [7, 11) is -1.68. The number of anilines is 1. The monoisotopic (exact) mass is 422 g/mol. The number of sulfonamides is 1. The third-order valence-corrected chi connectivity index (χ3v) is 7.35. The molecule has 0 aliphatic carbocycles. The fraction of sp³-hybridized carbons (Fsp3) is 0.476. The van der Waals surface area contributed by atoms with E-state index in [9.17, 15) is 13.2 Å². The van der Waals surface area contributed by atoms with Gasteiger partial charge in [-0.05, 0) is 50.6 Å². The van der Waals surface area contributed by atoms with Crippen LogP contribution in [0.25, 0.3) is 0 Å². The molecule has 2 rings (SSSR count). The van der Waals surface area contributed by atoms with Gasteiger partial charge < -0.3 is 14.6 Å². The number of aryl methyl sites for hydroxylation is 2. The van der Waals surface area contributed by atoms with Gasteiger partial charge in [0.1, 0.15) is 12.3 Å². The van der Waals surface area contributed by atoms with Crippen LogP contribution in [0.15, 0.2) is 39.6 Å². The molecule has 29 heavy (non-hydrogen) atoms. The average Bonchev–Trinajstić information content (AvgIpc) is 3.07. The van der Waals surface area contributed by atoms with Crippen molar-refractivity contribution in [1.82, 2.24) is 4.31 Å². The number of quaternary nitrogens is 1. The Morgan fingerprint density at radius 1 is 1.17 bits per heavy atom. The van der Waals surface area contributed by atoms with E-state index >= 15 is 0 Å². The molecule has 1 aromatic carbocycles. The summed E-state index contributed by atoms with van der Waals surface area (Å²) in [5.41, 5.74) is 1.12. The summed E-state index contributed by atoms with van der Waals surface area (Å²) in [4.78, 5) is 13.9. The van der Waals surface area contributed by atoms with E-state index in [2.05, 4.69) is 5.32 Å². The molecule has 0 aliphatic heterocycles. The van der Waals surface area contributed by atoms with Crippen LogP contribution in [-0.4, -0.2) is 44.8 Å². The van der Waals surface area contributed by atoms with Gasteiger partial charge in [0, 0.05) is 18.8 Å². The smallest absolute Gasteiger partial charge is 0.282 e. The maximum Gasteiger partial charge on any atom is 0.282 e. The highest BCUT2D eigenvalue weighted by Crippen LogP contribution is 2.23. The average molecular weight is 423 g/mol. The van der Waals surface area contributed by atoms with E-state index in [1.807, 2.05) is 46.9 Å². The molecule has 7 nitrogen and oxygen atoms in total. The van der Waals surface area contributed by atoms with E-state index in [4.69, 9.17) is 4.42 Å². The molecule has 2 atom stereocenters. The van der Waals surface area contributed by atoms with E-state index in [1.165, 1.54) is 4.31 Å². The van der Waals surface area contributed by atoms with Crippen LogP contribution in [0.2, 0.25) is 0 Å². The highest BCUT2D eigenvalue weighted by molar-refractivity contribution is 7.89. The van der Waals surface area contributed by atoms with Crippen LogP contribution in [0.1, 0.15) is 37.9 Å². The Balaban J connectivity index is 2.16. The van der Waals surface area contributed by atoms with E-state index in [0.29, 0.717) is 30.9 Å². The molecule has 1 heterocycles. The molecule has 0 radical (unpaired) electrons. The van der Waals surface area contributed by atoms with Gasteiger partial charge in [-0.1, -0.05) is 19.9 Å². The number of nitrogens with one attached hydrogen (secondary N) is 2. The Morgan fingerprint density at radius 2 is 1.83 bits per heavy atom. The lowest BCUT2D eigenvalue weighted by Crippen LogP contribution is -3.12. The number of carbonyl (C=O) groups excluding carboxylic acids is 1. The van der Waals surface area contributed by atoms with E-state index in [1.54, 1.807) is 25.1 Å². The minimum atomic E-state index is -3.60. The number of nitrogens with zero attached hydrogens (tertiary/aromatic N) is 1. The predicted octanol–water partition coefficient (Wildman–Crippen LogP) is 1.97. The minimum absolute atomic E-state index is 0.180. The molecule has 2 N–H and O–H groups in total. The molecule has 1 amide bonds. The zero-order valence-electron chi connectivity index (χ0n) is 18.1. The fourth-order valence-corrected chi connectivity index (χ4v) is 4.85. The third kappa shape index (κ3) is 5.46. The molecule has 2 aromatic rings. The second kappa shape index (κ2) is 9.56. The number of benzene rings is 1. The first-order valence-corrected chi connectivity index (χ1v) is 11.3. The van der Waals surface area contributed by atoms with Crippen LogP contribution in [0.4, 0.5) is 5.69 Å². The number of hydrogen-bond acceptors (Lipinski definition) is 4. The SMILES string of the molecule is CCN(CC)S(=O)(=O)c1cc(NC(=O)[C@@H](C)[NH+](C)Cc2ccc(C)o2)ccc1C. The Hall–Kier alpha value is -2.16. The summed E-state index contributed by atoms with van der Waals surface area (Å²) in [5.74, 6) is 1.48. The quantitative estimate of drug-likeness (QED) is 0.647.